The summed E-state index contributed by atoms with van der Waals surface area (Å²) in [5.41, 5.74) is 0.784. The van der Waals surface area contributed by atoms with E-state index >= 15 is 0 Å². The van der Waals surface area contributed by atoms with E-state index in [1.807, 2.05) is 0 Å². The Morgan fingerprint density at radius 1 is 1.07 bits per heavy atom. The number of aromatic carboxylic acids is 1. The van der Waals surface area contributed by atoms with Gasteiger partial charge in [0.05, 0.1) is 23.6 Å². The van der Waals surface area contributed by atoms with Crippen LogP contribution in [0, 0.1) is 35.5 Å². The number of hydrogen-bond donors (Lipinski definition) is 1. The second kappa shape index (κ2) is 6.01. The number of carbonyl (C=O) groups excluding carboxylic acids is 2. The van der Waals surface area contributed by atoms with Crippen LogP contribution in [0.1, 0.15) is 22.5 Å². The minimum atomic E-state index is -1.01. The van der Waals surface area contributed by atoms with Gasteiger partial charge in [-0.2, -0.15) is 10.1 Å². The zero-order valence-corrected chi connectivity index (χ0v) is 15.8. The Morgan fingerprint density at radius 2 is 1.77 bits per heavy atom. The zero-order chi connectivity index (χ0) is 20.6. The van der Waals surface area contributed by atoms with E-state index in [0.29, 0.717) is 28.9 Å². The van der Waals surface area contributed by atoms with Crippen LogP contribution in [0.2, 0.25) is 0 Å². The van der Waals surface area contributed by atoms with Gasteiger partial charge in [0.1, 0.15) is 11.5 Å². The maximum atomic E-state index is 12.9. The first-order valence-corrected chi connectivity index (χ1v) is 10.1. The van der Waals surface area contributed by atoms with Crippen LogP contribution >= 0.6 is 0 Å². The average molecular weight is 402 g/mol. The van der Waals surface area contributed by atoms with Crippen molar-refractivity contribution in [2.75, 3.05) is 0 Å². The molecule has 0 radical (unpaired) electrons. The van der Waals surface area contributed by atoms with E-state index in [1.165, 1.54) is 18.3 Å². The third-order valence-electron chi connectivity index (χ3n) is 6.96. The highest BCUT2D eigenvalue weighted by Crippen LogP contribution is 2.65. The highest BCUT2D eigenvalue weighted by Gasteiger charge is 2.67. The number of carboxylic acids is 1. The van der Waals surface area contributed by atoms with E-state index in [1.54, 1.807) is 24.3 Å². The molecule has 0 unspecified atom stereocenters. The molecule has 7 nitrogen and oxygen atoms in total. The standard InChI is InChI=1S/C23H18N2O5/c26-21-19-14-5-6-15(17-9-16(14)17)20(19)22(27)25(21)24-10-13-4-7-18(30-13)11-2-1-3-12(8-11)23(28)29/h1-8,10,14-17,19-20H,9H2,(H,28,29)/b24-10-/t14-,15-,16-,17+,19+,20+/m1/s1. The van der Waals surface area contributed by atoms with Crippen molar-refractivity contribution in [1.82, 2.24) is 5.01 Å². The highest BCUT2D eigenvalue weighted by molar-refractivity contribution is 6.06. The predicted octanol–water partition coefficient (Wildman–Crippen LogP) is 3.03. The Hall–Kier alpha value is -3.48. The lowest BCUT2D eigenvalue weighted by Crippen LogP contribution is -2.40. The molecular weight excluding hydrogens is 384 g/mol. The summed E-state index contributed by atoms with van der Waals surface area (Å²) < 4.78 is 5.73. The van der Waals surface area contributed by atoms with Gasteiger partial charge in [0.25, 0.3) is 11.8 Å². The summed E-state index contributed by atoms with van der Waals surface area (Å²) in [6.45, 7) is 0. The van der Waals surface area contributed by atoms with E-state index in [4.69, 9.17) is 9.52 Å². The van der Waals surface area contributed by atoms with Gasteiger partial charge in [-0.3, -0.25) is 9.59 Å². The Kier molecular flexibility index (Phi) is 3.48. The van der Waals surface area contributed by atoms with Gasteiger partial charge in [-0.25, -0.2) is 4.79 Å². The lowest BCUT2D eigenvalue weighted by molar-refractivity contribution is -0.140. The molecule has 5 aliphatic rings. The van der Waals surface area contributed by atoms with Crippen LogP contribution in [0.15, 0.2) is 58.1 Å². The summed E-state index contributed by atoms with van der Waals surface area (Å²) in [6, 6.07) is 9.80. The molecule has 1 saturated heterocycles. The minimum Gasteiger partial charge on any atom is -0.478 e. The number of hydrogen-bond acceptors (Lipinski definition) is 5. The van der Waals surface area contributed by atoms with Crippen LogP contribution in [0.3, 0.4) is 0 Å². The van der Waals surface area contributed by atoms with Crippen molar-refractivity contribution in [3.05, 3.63) is 59.9 Å². The number of rotatable bonds is 4. The second-order valence-corrected chi connectivity index (χ2v) is 8.48. The molecule has 1 aromatic heterocycles. The molecule has 150 valence electrons. The first kappa shape index (κ1) is 17.4. The maximum absolute atomic E-state index is 12.9. The average Bonchev–Trinajstić information content (AvgIpc) is 3.39. The fourth-order valence-electron chi connectivity index (χ4n) is 5.55. The third kappa shape index (κ3) is 2.38. The largest absolute Gasteiger partial charge is 0.478 e. The Morgan fingerprint density at radius 3 is 2.43 bits per heavy atom. The van der Waals surface area contributed by atoms with Crippen molar-refractivity contribution in [2.24, 2.45) is 40.6 Å². The van der Waals surface area contributed by atoms with Gasteiger partial charge in [-0.05, 0) is 54.4 Å². The number of carboxylic acid groups (broad SMARTS) is 1. The quantitative estimate of drug-likeness (QED) is 0.481. The summed E-state index contributed by atoms with van der Waals surface area (Å²) in [6.07, 6.45) is 6.75. The van der Waals surface area contributed by atoms with Crippen LogP contribution in [-0.4, -0.2) is 34.1 Å². The molecule has 7 rings (SSSR count). The number of allylic oxidation sites excluding steroid dienone is 2. The van der Waals surface area contributed by atoms with Crippen molar-refractivity contribution in [2.45, 2.75) is 6.42 Å². The summed E-state index contributed by atoms with van der Waals surface area (Å²) in [4.78, 5) is 37.0. The Balaban J connectivity index is 1.24. The number of furan rings is 1. The summed E-state index contributed by atoms with van der Waals surface area (Å²) >= 11 is 0. The molecule has 7 heteroatoms. The maximum Gasteiger partial charge on any atom is 0.335 e. The van der Waals surface area contributed by atoms with Gasteiger partial charge in [0.15, 0.2) is 0 Å². The summed E-state index contributed by atoms with van der Waals surface area (Å²) in [7, 11) is 0. The van der Waals surface area contributed by atoms with Crippen molar-refractivity contribution in [3.63, 3.8) is 0 Å². The van der Waals surface area contributed by atoms with E-state index in [2.05, 4.69) is 17.3 Å². The Labute approximate surface area is 171 Å². The highest BCUT2D eigenvalue weighted by atomic mass is 16.4. The molecule has 1 N–H and O–H groups in total. The van der Waals surface area contributed by atoms with Crippen LogP contribution < -0.4 is 0 Å². The molecule has 30 heavy (non-hydrogen) atoms. The third-order valence-corrected chi connectivity index (χ3v) is 6.96. The molecule has 2 saturated carbocycles. The minimum absolute atomic E-state index is 0.163. The van der Waals surface area contributed by atoms with E-state index < -0.39 is 5.97 Å². The molecule has 2 amide bonds. The molecule has 2 bridgehead atoms. The van der Waals surface area contributed by atoms with Gasteiger partial charge >= 0.3 is 5.97 Å². The number of imide groups is 1. The topological polar surface area (TPSA) is 100 Å². The van der Waals surface area contributed by atoms with Gasteiger partial charge < -0.3 is 9.52 Å². The van der Waals surface area contributed by atoms with Gasteiger partial charge in [-0.15, -0.1) is 0 Å². The number of amides is 2. The SMILES string of the molecule is O=C(O)c1cccc(-c2ccc(/C=N\N3C(=O)[C@H]4[C@@H]5C=C[C@H]([C@@H]6C[C@H]56)[C@@H]4C3=O)o2)c1. The number of nitrogens with zero attached hydrogens (tertiary/aromatic N) is 2. The fraction of sp³-hybridized carbons (Fsp3) is 0.304. The first-order valence-electron chi connectivity index (χ1n) is 10.1. The van der Waals surface area contributed by atoms with Gasteiger partial charge in [0, 0.05) is 5.56 Å². The van der Waals surface area contributed by atoms with Crippen LogP contribution in [0.25, 0.3) is 11.3 Å². The molecule has 2 heterocycles. The molecule has 4 aliphatic carbocycles. The molecule has 2 aromatic rings. The van der Waals surface area contributed by atoms with Crippen LogP contribution in [0.4, 0.5) is 0 Å². The van der Waals surface area contributed by atoms with E-state index in [9.17, 15) is 14.4 Å². The monoisotopic (exact) mass is 402 g/mol. The number of benzene rings is 1. The summed E-state index contributed by atoms with van der Waals surface area (Å²) in [5.74, 6) is 0.292. The lowest BCUT2D eigenvalue weighted by atomic mass is 9.63. The van der Waals surface area contributed by atoms with Crippen LogP contribution in [-0.2, 0) is 9.59 Å². The predicted molar refractivity (Wildman–Crippen MR) is 105 cm³/mol. The Bertz CT molecular complexity index is 1130. The first-order chi connectivity index (χ1) is 14.5. The molecule has 6 atom stereocenters. The second-order valence-electron chi connectivity index (χ2n) is 8.48. The number of carbonyl (C=O) groups is 3. The van der Waals surface area contributed by atoms with E-state index in [0.717, 1.165) is 11.4 Å². The molecular formula is C23H18N2O5. The van der Waals surface area contributed by atoms with Crippen LogP contribution in [0.5, 0.6) is 0 Å². The lowest BCUT2D eigenvalue weighted by Gasteiger charge is -2.37. The van der Waals surface area contributed by atoms with Gasteiger partial charge in [-0.1, -0.05) is 24.3 Å². The molecule has 0 spiro atoms. The van der Waals surface area contributed by atoms with Gasteiger partial charge in [0.2, 0.25) is 0 Å². The molecule has 1 aromatic carbocycles. The summed E-state index contributed by atoms with van der Waals surface area (Å²) in [5, 5.41) is 14.3. The smallest absolute Gasteiger partial charge is 0.335 e. The normalized spacial score (nSPS) is 33.3. The number of hydrazone groups is 1. The van der Waals surface area contributed by atoms with E-state index in [-0.39, 0.29) is 41.0 Å². The van der Waals surface area contributed by atoms with Crippen molar-refractivity contribution < 1.29 is 23.9 Å². The molecule has 3 fully saturated rings. The van der Waals surface area contributed by atoms with Crippen molar-refractivity contribution in [1.29, 1.82) is 0 Å². The fourth-order valence-corrected chi connectivity index (χ4v) is 5.55. The van der Waals surface area contributed by atoms with Crippen molar-refractivity contribution >= 4 is 24.0 Å². The zero-order valence-electron chi connectivity index (χ0n) is 15.8. The molecule has 1 aliphatic heterocycles. The van der Waals surface area contributed by atoms with Crippen molar-refractivity contribution in [3.8, 4) is 11.3 Å².